The van der Waals surface area contributed by atoms with Crippen LogP contribution in [0, 0.1) is 0 Å². The molecule has 0 amide bonds. The van der Waals surface area contributed by atoms with Crippen molar-refractivity contribution in [3.8, 4) is 0 Å². The van der Waals surface area contributed by atoms with Crippen LogP contribution in [0.4, 0.5) is 0 Å². The van der Waals surface area contributed by atoms with E-state index in [1.807, 2.05) is 0 Å². The molecule has 0 aromatic rings. The normalized spacial score (nSPS) is 13.7. The Labute approximate surface area is 56.0 Å². The summed E-state index contributed by atoms with van der Waals surface area (Å²) in [5.41, 5.74) is 0. The minimum Gasteiger partial charge on any atom is -0.385 e. The molecule has 0 aliphatic carbocycles. The van der Waals surface area contributed by atoms with E-state index in [4.69, 9.17) is 9.84 Å². The van der Waals surface area contributed by atoms with Crippen LogP contribution in [0.2, 0.25) is 0 Å². The summed E-state index contributed by atoms with van der Waals surface area (Å²) in [7, 11) is 1.67. The molecule has 0 saturated carbocycles. The molecule has 0 heterocycles. The van der Waals surface area contributed by atoms with Gasteiger partial charge in [0, 0.05) is 13.7 Å². The highest BCUT2D eigenvalue weighted by Gasteiger charge is 1.90. The lowest BCUT2D eigenvalue weighted by molar-refractivity contribution is 0.145. The molecule has 0 spiro atoms. The van der Waals surface area contributed by atoms with E-state index in [0.717, 1.165) is 19.6 Å². The van der Waals surface area contributed by atoms with Gasteiger partial charge in [-0.05, 0) is 19.9 Å². The van der Waals surface area contributed by atoms with E-state index in [-0.39, 0.29) is 0 Å². The summed E-state index contributed by atoms with van der Waals surface area (Å²) in [5.74, 6) is 0. The molecule has 0 saturated heterocycles. The van der Waals surface area contributed by atoms with Crippen molar-refractivity contribution >= 4 is 0 Å². The molecule has 3 nitrogen and oxygen atoms in total. The molecule has 56 valence electrons. The summed E-state index contributed by atoms with van der Waals surface area (Å²) in [6.07, 6.45) is 0.545. The first-order valence-corrected chi connectivity index (χ1v) is 3.17. The number of hydrogen-bond donors (Lipinski definition) is 2. The largest absolute Gasteiger partial charge is 0.385 e. The fourth-order valence-corrected chi connectivity index (χ4v) is 0.527. The van der Waals surface area contributed by atoms with Crippen LogP contribution in [0.5, 0.6) is 0 Å². The Balaban J connectivity index is 2.75. The fourth-order valence-electron chi connectivity index (χ4n) is 0.527. The third-order valence-electron chi connectivity index (χ3n) is 0.965. The van der Waals surface area contributed by atoms with Crippen LogP contribution in [0.3, 0.4) is 0 Å². The Kier molecular flexibility index (Phi) is 5.93. The predicted octanol–water partition coefficient (Wildman–Crippen LogP) is -0.0492. The number of methoxy groups -OCH3 is 1. The minimum atomic E-state index is -0.401. The first-order chi connectivity index (χ1) is 4.27. The van der Waals surface area contributed by atoms with Gasteiger partial charge in [-0.15, -0.1) is 0 Å². The SMILES string of the molecule is COCCCNC(C)O. The average molecular weight is 133 g/mol. The Bertz CT molecular complexity index is 57.0. The Morgan fingerprint density at radius 2 is 2.33 bits per heavy atom. The van der Waals surface area contributed by atoms with Gasteiger partial charge in [-0.1, -0.05) is 0 Å². The fraction of sp³-hybridized carbons (Fsp3) is 1.00. The number of aliphatic hydroxyl groups excluding tert-OH is 1. The Morgan fingerprint density at radius 3 is 2.78 bits per heavy atom. The highest BCUT2D eigenvalue weighted by Crippen LogP contribution is 1.78. The molecule has 0 bridgehead atoms. The molecule has 0 aromatic carbocycles. The molecule has 0 aliphatic heterocycles. The van der Waals surface area contributed by atoms with Gasteiger partial charge in [-0.3, -0.25) is 5.32 Å². The summed E-state index contributed by atoms with van der Waals surface area (Å²) in [5, 5.41) is 11.6. The van der Waals surface area contributed by atoms with Crippen LogP contribution in [-0.2, 0) is 4.74 Å². The van der Waals surface area contributed by atoms with Crippen molar-refractivity contribution in [1.82, 2.24) is 5.32 Å². The monoisotopic (exact) mass is 133 g/mol. The second kappa shape index (κ2) is 6.01. The average Bonchev–Trinajstić information content (AvgIpc) is 1.80. The molecule has 0 rings (SSSR count). The maximum absolute atomic E-state index is 8.70. The van der Waals surface area contributed by atoms with Crippen LogP contribution < -0.4 is 5.32 Å². The maximum atomic E-state index is 8.70. The van der Waals surface area contributed by atoms with E-state index in [1.165, 1.54) is 0 Å². The lowest BCUT2D eigenvalue weighted by Gasteiger charge is -2.05. The van der Waals surface area contributed by atoms with Crippen molar-refractivity contribution < 1.29 is 9.84 Å². The molecule has 2 N–H and O–H groups in total. The van der Waals surface area contributed by atoms with Gasteiger partial charge in [0.15, 0.2) is 0 Å². The number of rotatable bonds is 5. The summed E-state index contributed by atoms with van der Waals surface area (Å²) in [4.78, 5) is 0. The molecule has 0 radical (unpaired) electrons. The standard InChI is InChI=1S/C6H15NO2/c1-6(8)7-4-3-5-9-2/h6-8H,3-5H2,1-2H3. The van der Waals surface area contributed by atoms with Gasteiger partial charge in [-0.2, -0.15) is 0 Å². The Hall–Kier alpha value is -0.120. The van der Waals surface area contributed by atoms with Crippen molar-refractivity contribution in [1.29, 1.82) is 0 Å². The first-order valence-electron chi connectivity index (χ1n) is 3.17. The molecule has 0 aliphatic rings. The highest BCUT2D eigenvalue weighted by atomic mass is 16.5. The zero-order valence-electron chi connectivity index (χ0n) is 6.05. The van der Waals surface area contributed by atoms with Crippen molar-refractivity contribution in [2.24, 2.45) is 0 Å². The number of ether oxygens (including phenoxy) is 1. The third-order valence-corrected chi connectivity index (χ3v) is 0.965. The molecular formula is C6H15NO2. The lowest BCUT2D eigenvalue weighted by atomic mass is 10.4. The number of nitrogens with one attached hydrogen (secondary N) is 1. The molecule has 1 unspecified atom stereocenters. The van der Waals surface area contributed by atoms with Crippen LogP contribution in [0.15, 0.2) is 0 Å². The van der Waals surface area contributed by atoms with Gasteiger partial charge in [0.1, 0.15) is 6.23 Å². The van der Waals surface area contributed by atoms with Crippen molar-refractivity contribution in [3.63, 3.8) is 0 Å². The van der Waals surface area contributed by atoms with Crippen molar-refractivity contribution in [2.75, 3.05) is 20.3 Å². The van der Waals surface area contributed by atoms with Gasteiger partial charge >= 0.3 is 0 Å². The second-order valence-corrected chi connectivity index (χ2v) is 1.98. The molecule has 0 fully saturated rings. The van der Waals surface area contributed by atoms with Crippen LogP contribution in [0.25, 0.3) is 0 Å². The van der Waals surface area contributed by atoms with Crippen LogP contribution in [-0.4, -0.2) is 31.6 Å². The predicted molar refractivity (Wildman–Crippen MR) is 36.2 cm³/mol. The minimum absolute atomic E-state index is 0.401. The van der Waals surface area contributed by atoms with E-state index >= 15 is 0 Å². The topological polar surface area (TPSA) is 41.5 Å². The maximum Gasteiger partial charge on any atom is 0.102 e. The summed E-state index contributed by atoms with van der Waals surface area (Å²) in [6.45, 7) is 3.26. The van der Waals surface area contributed by atoms with Gasteiger partial charge in [0.05, 0.1) is 0 Å². The zero-order valence-corrected chi connectivity index (χ0v) is 6.05. The van der Waals surface area contributed by atoms with Gasteiger partial charge in [0.2, 0.25) is 0 Å². The van der Waals surface area contributed by atoms with E-state index in [9.17, 15) is 0 Å². The van der Waals surface area contributed by atoms with Gasteiger partial charge in [0.25, 0.3) is 0 Å². The second-order valence-electron chi connectivity index (χ2n) is 1.98. The molecular weight excluding hydrogens is 118 g/mol. The summed E-state index contributed by atoms with van der Waals surface area (Å²) >= 11 is 0. The van der Waals surface area contributed by atoms with E-state index in [2.05, 4.69) is 5.32 Å². The Morgan fingerprint density at radius 1 is 1.67 bits per heavy atom. The number of aliphatic hydroxyl groups is 1. The highest BCUT2D eigenvalue weighted by molar-refractivity contribution is 4.45. The van der Waals surface area contributed by atoms with Crippen molar-refractivity contribution in [2.45, 2.75) is 19.6 Å². The van der Waals surface area contributed by atoms with E-state index in [1.54, 1.807) is 14.0 Å². The zero-order chi connectivity index (χ0) is 7.11. The lowest BCUT2D eigenvalue weighted by Crippen LogP contribution is -2.26. The molecule has 0 aromatic heterocycles. The van der Waals surface area contributed by atoms with Gasteiger partial charge in [-0.25, -0.2) is 0 Å². The van der Waals surface area contributed by atoms with E-state index in [0.29, 0.717) is 0 Å². The summed E-state index contributed by atoms with van der Waals surface area (Å²) < 4.78 is 4.80. The third kappa shape index (κ3) is 7.88. The van der Waals surface area contributed by atoms with Crippen molar-refractivity contribution in [3.05, 3.63) is 0 Å². The quantitative estimate of drug-likeness (QED) is 0.408. The molecule has 3 heteroatoms. The van der Waals surface area contributed by atoms with Gasteiger partial charge < -0.3 is 9.84 Å². The smallest absolute Gasteiger partial charge is 0.102 e. The molecule has 9 heavy (non-hydrogen) atoms. The first kappa shape index (κ1) is 8.88. The van der Waals surface area contributed by atoms with Crippen LogP contribution in [0.1, 0.15) is 13.3 Å². The number of hydrogen-bond acceptors (Lipinski definition) is 3. The molecule has 1 atom stereocenters. The van der Waals surface area contributed by atoms with E-state index < -0.39 is 6.23 Å². The van der Waals surface area contributed by atoms with Crippen LogP contribution >= 0.6 is 0 Å². The summed E-state index contributed by atoms with van der Waals surface area (Å²) in [6, 6.07) is 0.